The second kappa shape index (κ2) is 11.4. The van der Waals surface area contributed by atoms with E-state index in [1.54, 1.807) is 40.7 Å². The predicted octanol–water partition coefficient (Wildman–Crippen LogP) is 4.55. The van der Waals surface area contributed by atoms with Crippen LogP contribution in [0.2, 0.25) is 0 Å². The molecule has 45 heavy (non-hydrogen) atoms. The molecule has 0 aromatic heterocycles. The first-order valence-electron chi connectivity index (χ1n) is 16.3. The number of hydrogen-bond donors (Lipinski definition) is 2. The van der Waals surface area contributed by atoms with Gasteiger partial charge in [0.25, 0.3) is 0 Å². The Kier molecular flexibility index (Phi) is 8.36. The number of Topliss-reactive ketones (excluding diaryl/α,β-unsaturated/α-hetero) is 6. The first-order chi connectivity index (χ1) is 21.0. The van der Waals surface area contributed by atoms with E-state index in [0.29, 0.717) is 17.5 Å². The summed E-state index contributed by atoms with van der Waals surface area (Å²) in [4.78, 5) is 82.3. The van der Waals surface area contributed by atoms with E-state index in [1.807, 2.05) is 0 Å². The van der Waals surface area contributed by atoms with E-state index in [1.165, 1.54) is 0 Å². The monoisotopic (exact) mass is 616 g/mol. The van der Waals surface area contributed by atoms with Gasteiger partial charge in [-0.1, -0.05) is 52.9 Å². The van der Waals surface area contributed by atoms with Crippen molar-refractivity contribution in [3.05, 3.63) is 28.3 Å². The van der Waals surface area contributed by atoms with Gasteiger partial charge in [0.05, 0.1) is 17.0 Å². The molecule has 2 N–H and O–H groups in total. The Morgan fingerprint density at radius 1 is 1.04 bits per heavy atom. The van der Waals surface area contributed by atoms with Crippen LogP contribution in [0, 0.1) is 52.3 Å². The van der Waals surface area contributed by atoms with E-state index in [9.17, 15) is 39.0 Å². The van der Waals surface area contributed by atoms with Crippen molar-refractivity contribution in [3.63, 3.8) is 0 Å². The minimum atomic E-state index is -2.74. The molecular formula is C37H44O8. The Labute approximate surface area is 264 Å². The summed E-state index contributed by atoms with van der Waals surface area (Å²) in [6.45, 7) is 9.53. The van der Waals surface area contributed by atoms with Crippen LogP contribution >= 0.6 is 0 Å². The van der Waals surface area contributed by atoms with Crippen LogP contribution in [0.25, 0.3) is 0 Å². The summed E-state index contributed by atoms with van der Waals surface area (Å²) in [5.74, 6) is -3.53. The highest BCUT2D eigenvalue weighted by atomic mass is 16.3. The summed E-state index contributed by atoms with van der Waals surface area (Å²) in [6.07, 6.45) is 5.70. The Morgan fingerprint density at radius 3 is 2.27 bits per heavy atom. The van der Waals surface area contributed by atoms with Gasteiger partial charge < -0.3 is 10.2 Å². The lowest BCUT2D eigenvalue weighted by molar-refractivity contribution is -0.205. The van der Waals surface area contributed by atoms with E-state index in [0.717, 1.165) is 39.0 Å². The average Bonchev–Trinajstić information content (AvgIpc) is 2.95. The topological polar surface area (TPSA) is 143 Å². The summed E-state index contributed by atoms with van der Waals surface area (Å²) in [6, 6.07) is 1.72. The minimum absolute atomic E-state index is 0.0131. The number of benzene rings is 1. The number of rotatable bonds is 6. The molecule has 0 saturated heterocycles. The molecule has 0 aliphatic heterocycles. The molecule has 1 aromatic rings. The molecule has 8 heteroatoms. The number of phenolic OH excluding ortho intramolecular Hbond substituents is 1. The van der Waals surface area contributed by atoms with Crippen LogP contribution in [-0.2, 0) is 36.8 Å². The number of aryl methyl sites for hydroxylation is 1. The number of aromatic hydroxyl groups is 1. The summed E-state index contributed by atoms with van der Waals surface area (Å²) in [5, 5.41) is 23.6. The quantitative estimate of drug-likeness (QED) is 0.350. The van der Waals surface area contributed by atoms with Crippen molar-refractivity contribution >= 4 is 34.7 Å². The summed E-state index contributed by atoms with van der Waals surface area (Å²) in [7, 11) is 0. The molecule has 240 valence electrons. The van der Waals surface area contributed by atoms with Gasteiger partial charge in [-0.3, -0.25) is 28.8 Å². The smallest absolute Gasteiger partial charge is 0.190 e. The van der Waals surface area contributed by atoms with Crippen LogP contribution in [0.3, 0.4) is 0 Å². The van der Waals surface area contributed by atoms with Crippen molar-refractivity contribution in [3.8, 4) is 17.6 Å². The number of phenols is 1. The maximum Gasteiger partial charge on any atom is 0.190 e. The highest BCUT2D eigenvalue weighted by Crippen LogP contribution is 2.64. The highest BCUT2D eigenvalue weighted by Gasteiger charge is 2.76. The van der Waals surface area contributed by atoms with Gasteiger partial charge in [-0.2, -0.15) is 0 Å². The molecule has 6 atom stereocenters. The second-order valence-electron chi connectivity index (χ2n) is 14.8. The molecular weight excluding hydrogens is 572 g/mol. The largest absolute Gasteiger partial charge is 0.506 e. The number of carbonyl (C=O) groups excluding carboxylic acids is 6. The van der Waals surface area contributed by atoms with Crippen molar-refractivity contribution in [2.24, 2.45) is 40.4 Å². The number of aliphatic hydroxyl groups is 1. The Bertz CT molecular complexity index is 1580. The maximum atomic E-state index is 14.5. The SMILES string of the molecule is CC#Cc1cc(CCC(=O)C2CCCCC2)c2c(c1O)C(=O)C1C(=O)[C@@]3(O)C(=O)C(C(C)=O)C(=O)C(C(C)C)[C@@]3(C)C[C@@]1(C)C2. The fourth-order valence-corrected chi connectivity index (χ4v) is 9.62. The molecule has 0 bridgehead atoms. The van der Waals surface area contributed by atoms with Crippen molar-refractivity contribution in [1.82, 2.24) is 0 Å². The van der Waals surface area contributed by atoms with Crippen LogP contribution in [-0.4, -0.2) is 50.5 Å². The number of carbonyl (C=O) groups is 6. The predicted molar refractivity (Wildman–Crippen MR) is 165 cm³/mol. The van der Waals surface area contributed by atoms with Gasteiger partial charge in [-0.25, -0.2) is 0 Å². The van der Waals surface area contributed by atoms with Crippen molar-refractivity contribution in [2.75, 3.05) is 0 Å². The number of fused-ring (bicyclic) bond motifs is 3. The third-order valence-electron chi connectivity index (χ3n) is 11.4. The number of ketones is 6. The van der Waals surface area contributed by atoms with Gasteiger partial charge in [0.1, 0.15) is 23.2 Å². The third kappa shape index (κ3) is 4.76. The fourth-order valence-electron chi connectivity index (χ4n) is 9.62. The molecule has 8 nitrogen and oxygen atoms in total. The van der Waals surface area contributed by atoms with E-state index >= 15 is 0 Å². The molecule has 4 aliphatic carbocycles. The normalized spacial score (nSPS) is 33.2. The lowest BCUT2D eigenvalue weighted by Gasteiger charge is -2.62. The van der Waals surface area contributed by atoms with Crippen LogP contribution in [0.5, 0.6) is 5.75 Å². The Hall–Kier alpha value is -3.44. The lowest BCUT2D eigenvalue weighted by atomic mass is 9.39. The number of hydrogen-bond acceptors (Lipinski definition) is 8. The first-order valence-corrected chi connectivity index (χ1v) is 16.3. The maximum absolute atomic E-state index is 14.5. The molecule has 3 saturated carbocycles. The van der Waals surface area contributed by atoms with Gasteiger partial charge in [0, 0.05) is 23.7 Å². The van der Waals surface area contributed by atoms with Gasteiger partial charge >= 0.3 is 0 Å². The second-order valence-corrected chi connectivity index (χ2v) is 14.8. The molecule has 0 radical (unpaired) electrons. The van der Waals surface area contributed by atoms with Crippen molar-refractivity contribution in [2.45, 2.75) is 105 Å². The summed E-state index contributed by atoms with van der Waals surface area (Å²) < 4.78 is 0. The lowest BCUT2D eigenvalue weighted by Crippen LogP contribution is -2.76. The molecule has 5 rings (SSSR count). The van der Waals surface area contributed by atoms with Crippen molar-refractivity contribution in [1.29, 1.82) is 0 Å². The minimum Gasteiger partial charge on any atom is -0.506 e. The van der Waals surface area contributed by atoms with Crippen LogP contribution in [0.4, 0.5) is 0 Å². The van der Waals surface area contributed by atoms with Crippen LogP contribution < -0.4 is 0 Å². The molecule has 0 amide bonds. The van der Waals surface area contributed by atoms with E-state index in [2.05, 4.69) is 11.8 Å². The molecule has 0 heterocycles. The summed E-state index contributed by atoms with van der Waals surface area (Å²) >= 11 is 0. The van der Waals surface area contributed by atoms with Gasteiger partial charge in [0.2, 0.25) is 0 Å². The molecule has 0 spiro atoms. The van der Waals surface area contributed by atoms with Crippen molar-refractivity contribution < 1.29 is 39.0 Å². The average molecular weight is 617 g/mol. The zero-order chi connectivity index (χ0) is 33.2. The molecule has 3 fully saturated rings. The molecule has 3 unspecified atom stereocenters. The van der Waals surface area contributed by atoms with Gasteiger partial charge in [-0.05, 0) is 74.5 Å². The first kappa shape index (κ1) is 32.9. The zero-order valence-electron chi connectivity index (χ0n) is 27.2. The molecule has 1 aromatic carbocycles. The third-order valence-corrected chi connectivity index (χ3v) is 11.4. The van der Waals surface area contributed by atoms with E-state index in [4.69, 9.17) is 0 Å². The fraction of sp³-hybridized carbons (Fsp3) is 0.622. The van der Waals surface area contributed by atoms with E-state index < -0.39 is 69.0 Å². The standard InChI is InChI=1S/C37H44O8/c1-7-11-23-16-22(14-15-25(39)21-12-9-8-10-13-21)24-17-35(5)18-36(6)28(19(2)3)31(41)26(20(4)38)33(43)37(36,45)34(44)29(35)32(42)27(24)30(23)40/h16,19,21,26,28-29,40,45H,8-10,12-15,17-18H2,1-6H3/t26?,28?,29?,35-,36-,37+/m1/s1. The molecule has 4 aliphatic rings. The van der Waals surface area contributed by atoms with Gasteiger partial charge in [-0.15, -0.1) is 5.92 Å². The van der Waals surface area contributed by atoms with Gasteiger partial charge in [0.15, 0.2) is 28.7 Å². The highest BCUT2D eigenvalue weighted by molar-refractivity contribution is 6.32. The van der Waals surface area contributed by atoms with E-state index in [-0.39, 0.29) is 47.8 Å². The summed E-state index contributed by atoms with van der Waals surface area (Å²) in [5.41, 5.74) is -4.07. The Balaban J connectivity index is 1.65. The van der Waals surface area contributed by atoms with Crippen LogP contribution in [0.1, 0.15) is 114 Å². The zero-order valence-corrected chi connectivity index (χ0v) is 27.2. The van der Waals surface area contributed by atoms with Crippen LogP contribution in [0.15, 0.2) is 6.07 Å². The Morgan fingerprint density at radius 2 is 1.69 bits per heavy atom.